The summed E-state index contributed by atoms with van der Waals surface area (Å²) in [5.74, 6) is -1.30. The van der Waals surface area contributed by atoms with E-state index in [9.17, 15) is 19.2 Å². The van der Waals surface area contributed by atoms with Gasteiger partial charge in [0.05, 0.1) is 17.7 Å². The molecule has 0 aliphatic carbocycles. The van der Waals surface area contributed by atoms with Gasteiger partial charge >= 0.3 is 0 Å². The van der Waals surface area contributed by atoms with Gasteiger partial charge in [-0.3, -0.25) is 24.1 Å². The van der Waals surface area contributed by atoms with Crippen molar-refractivity contribution in [3.63, 3.8) is 0 Å². The first kappa shape index (κ1) is 20.3. The summed E-state index contributed by atoms with van der Waals surface area (Å²) in [7, 11) is 0. The van der Waals surface area contributed by atoms with Gasteiger partial charge in [0.15, 0.2) is 0 Å². The fourth-order valence-corrected chi connectivity index (χ4v) is 3.09. The summed E-state index contributed by atoms with van der Waals surface area (Å²) < 4.78 is 0. The number of carbonyl (C=O) groups is 4. The van der Waals surface area contributed by atoms with E-state index in [4.69, 9.17) is 0 Å². The van der Waals surface area contributed by atoms with Crippen molar-refractivity contribution >= 4 is 23.6 Å². The molecule has 0 bridgehead atoms. The average molecular weight is 393 g/mol. The fourth-order valence-electron chi connectivity index (χ4n) is 3.09. The quantitative estimate of drug-likeness (QED) is 0.672. The van der Waals surface area contributed by atoms with E-state index >= 15 is 0 Å². The second-order valence-corrected chi connectivity index (χ2v) is 6.80. The van der Waals surface area contributed by atoms with Gasteiger partial charge in [0, 0.05) is 25.1 Å². The summed E-state index contributed by atoms with van der Waals surface area (Å²) in [4.78, 5) is 50.4. The van der Waals surface area contributed by atoms with Gasteiger partial charge in [0.1, 0.15) is 0 Å². The number of imide groups is 1. The zero-order chi connectivity index (χ0) is 20.8. The number of benzene rings is 2. The van der Waals surface area contributed by atoms with Crippen LogP contribution in [0, 0.1) is 0 Å². The molecule has 4 amide bonds. The van der Waals surface area contributed by atoms with E-state index in [1.165, 1.54) is 23.1 Å². The number of rotatable bonds is 8. The van der Waals surface area contributed by atoms with Gasteiger partial charge in [-0.1, -0.05) is 37.3 Å². The Morgan fingerprint density at radius 2 is 1.62 bits per heavy atom. The average Bonchev–Trinajstić information content (AvgIpc) is 2.97. The van der Waals surface area contributed by atoms with Gasteiger partial charge in [-0.25, -0.2) is 0 Å². The number of nitrogens with one attached hydrogen (secondary N) is 2. The molecule has 2 aromatic carbocycles. The summed E-state index contributed by atoms with van der Waals surface area (Å²) >= 11 is 0. The molecule has 1 heterocycles. The van der Waals surface area contributed by atoms with Crippen LogP contribution in [0.5, 0.6) is 0 Å². The van der Waals surface area contributed by atoms with Crippen molar-refractivity contribution in [3.8, 4) is 0 Å². The molecule has 2 N–H and O–H groups in total. The van der Waals surface area contributed by atoms with Crippen molar-refractivity contribution in [3.05, 3.63) is 70.8 Å². The molecule has 1 aliphatic heterocycles. The van der Waals surface area contributed by atoms with Crippen LogP contribution in [0.3, 0.4) is 0 Å². The fraction of sp³-hybridized carbons (Fsp3) is 0.273. The Hall–Kier alpha value is -3.48. The lowest BCUT2D eigenvalue weighted by atomic mass is 10.1. The zero-order valence-corrected chi connectivity index (χ0v) is 16.2. The van der Waals surface area contributed by atoms with Crippen molar-refractivity contribution in [2.75, 3.05) is 13.1 Å². The molecule has 1 aliphatic rings. The molecule has 7 nitrogen and oxygen atoms in total. The predicted octanol–water partition coefficient (Wildman–Crippen LogP) is 2.13. The van der Waals surface area contributed by atoms with E-state index in [1.807, 2.05) is 37.3 Å². The first-order valence-electron chi connectivity index (χ1n) is 9.60. The van der Waals surface area contributed by atoms with Gasteiger partial charge in [0.2, 0.25) is 5.91 Å². The summed E-state index contributed by atoms with van der Waals surface area (Å²) in [6.45, 7) is 2.94. The maximum atomic E-state index is 12.7. The highest BCUT2D eigenvalue weighted by molar-refractivity contribution is 6.22. The Bertz CT molecular complexity index is 940. The molecule has 0 fully saturated rings. The van der Waals surface area contributed by atoms with Crippen LogP contribution in [-0.4, -0.2) is 41.6 Å². The minimum absolute atomic E-state index is 0.126. The van der Waals surface area contributed by atoms with Crippen LogP contribution in [0.2, 0.25) is 0 Å². The minimum Gasteiger partial charge on any atom is -0.356 e. The van der Waals surface area contributed by atoms with Gasteiger partial charge in [-0.15, -0.1) is 0 Å². The second kappa shape index (κ2) is 9.14. The third-order valence-corrected chi connectivity index (χ3v) is 4.63. The number of nitrogens with zero attached hydrogens (tertiary/aromatic N) is 1. The van der Waals surface area contributed by atoms with Crippen molar-refractivity contribution < 1.29 is 19.2 Å². The van der Waals surface area contributed by atoms with E-state index in [-0.39, 0.29) is 42.5 Å². The normalized spacial score (nSPS) is 12.7. The van der Waals surface area contributed by atoms with Crippen LogP contribution >= 0.6 is 0 Å². The van der Waals surface area contributed by atoms with Gasteiger partial charge in [-0.2, -0.15) is 0 Å². The van der Waals surface area contributed by atoms with Crippen molar-refractivity contribution in [1.29, 1.82) is 0 Å². The topological polar surface area (TPSA) is 95.6 Å². The number of hydrogen-bond acceptors (Lipinski definition) is 4. The van der Waals surface area contributed by atoms with E-state index in [2.05, 4.69) is 10.6 Å². The van der Waals surface area contributed by atoms with Crippen LogP contribution < -0.4 is 10.6 Å². The number of fused-ring (bicyclic) bond motifs is 1. The SMILES string of the molecule is CCCNC(=O)CCNC(=O)c1ccc2c(c1)C(=O)N(Cc1ccccc1)C2=O. The standard InChI is InChI=1S/C22H23N3O4/c1-2-11-23-19(26)10-12-24-20(27)16-8-9-17-18(13-16)22(29)25(21(17)28)14-15-6-4-3-5-7-15/h3-9,13H,2,10-12,14H2,1H3,(H,23,26)(H,24,27). The summed E-state index contributed by atoms with van der Waals surface area (Å²) in [6.07, 6.45) is 1.03. The van der Waals surface area contributed by atoms with E-state index in [0.717, 1.165) is 12.0 Å². The lowest BCUT2D eigenvalue weighted by Gasteiger charge is -2.13. The molecule has 7 heteroatoms. The van der Waals surface area contributed by atoms with Crippen LogP contribution in [0.1, 0.15) is 56.4 Å². The maximum Gasteiger partial charge on any atom is 0.261 e. The molecule has 0 unspecified atom stereocenters. The molecule has 0 saturated carbocycles. The van der Waals surface area contributed by atoms with E-state index < -0.39 is 11.8 Å². The van der Waals surface area contributed by atoms with E-state index in [0.29, 0.717) is 12.1 Å². The zero-order valence-electron chi connectivity index (χ0n) is 16.2. The molecule has 2 aromatic rings. The first-order valence-corrected chi connectivity index (χ1v) is 9.60. The number of carbonyl (C=O) groups excluding carboxylic acids is 4. The Morgan fingerprint density at radius 1 is 0.897 bits per heavy atom. The third-order valence-electron chi connectivity index (χ3n) is 4.63. The molecular formula is C22H23N3O4. The van der Waals surface area contributed by atoms with Crippen LogP contribution in [0.25, 0.3) is 0 Å². The molecule has 0 spiro atoms. The van der Waals surface area contributed by atoms with Gasteiger partial charge in [0.25, 0.3) is 17.7 Å². The maximum absolute atomic E-state index is 12.7. The molecule has 3 rings (SSSR count). The largest absolute Gasteiger partial charge is 0.356 e. The van der Waals surface area contributed by atoms with Crippen LogP contribution in [0.15, 0.2) is 48.5 Å². The Morgan fingerprint density at radius 3 is 2.34 bits per heavy atom. The highest BCUT2D eigenvalue weighted by atomic mass is 16.2. The highest BCUT2D eigenvalue weighted by Gasteiger charge is 2.35. The predicted molar refractivity (Wildman–Crippen MR) is 107 cm³/mol. The molecule has 0 saturated heterocycles. The van der Waals surface area contributed by atoms with E-state index in [1.54, 1.807) is 0 Å². The van der Waals surface area contributed by atoms with Crippen LogP contribution in [-0.2, 0) is 11.3 Å². The van der Waals surface area contributed by atoms with Gasteiger partial charge in [-0.05, 0) is 30.2 Å². The Labute approximate surface area is 169 Å². The second-order valence-electron chi connectivity index (χ2n) is 6.80. The molecular weight excluding hydrogens is 370 g/mol. The van der Waals surface area contributed by atoms with Crippen LogP contribution in [0.4, 0.5) is 0 Å². The molecule has 150 valence electrons. The van der Waals surface area contributed by atoms with Crippen molar-refractivity contribution in [1.82, 2.24) is 15.5 Å². The van der Waals surface area contributed by atoms with Gasteiger partial charge < -0.3 is 10.6 Å². The lowest BCUT2D eigenvalue weighted by Crippen LogP contribution is -2.31. The smallest absolute Gasteiger partial charge is 0.261 e. The third kappa shape index (κ3) is 4.68. The number of hydrogen-bond donors (Lipinski definition) is 2. The highest BCUT2D eigenvalue weighted by Crippen LogP contribution is 2.25. The lowest BCUT2D eigenvalue weighted by molar-refractivity contribution is -0.120. The monoisotopic (exact) mass is 393 g/mol. The molecule has 0 radical (unpaired) electrons. The minimum atomic E-state index is -0.414. The summed E-state index contributed by atoms with van der Waals surface area (Å²) in [5.41, 5.74) is 1.64. The molecule has 29 heavy (non-hydrogen) atoms. The molecule has 0 aromatic heterocycles. The first-order chi connectivity index (χ1) is 14.0. The number of amides is 4. The summed E-state index contributed by atoms with van der Waals surface area (Å²) in [5, 5.41) is 5.40. The van der Waals surface area contributed by atoms with Crippen molar-refractivity contribution in [2.24, 2.45) is 0 Å². The van der Waals surface area contributed by atoms with Crippen molar-refractivity contribution in [2.45, 2.75) is 26.3 Å². The Kier molecular flexibility index (Phi) is 6.39. The molecule has 0 atom stereocenters. The summed E-state index contributed by atoms with van der Waals surface area (Å²) in [6, 6.07) is 13.7. The Balaban J connectivity index is 1.64.